The van der Waals surface area contributed by atoms with Gasteiger partial charge in [0, 0.05) is 6.04 Å². The Morgan fingerprint density at radius 1 is 1.53 bits per heavy atom. The highest BCUT2D eigenvalue weighted by Gasteiger charge is 2.05. The molecule has 0 bridgehead atoms. The van der Waals surface area contributed by atoms with Crippen molar-refractivity contribution in [3.05, 3.63) is 22.6 Å². The van der Waals surface area contributed by atoms with Gasteiger partial charge in [0.2, 0.25) is 0 Å². The van der Waals surface area contributed by atoms with Gasteiger partial charge in [0.1, 0.15) is 5.82 Å². The van der Waals surface area contributed by atoms with Crippen LogP contribution in [0.3, 0.4) is 0 Å². The number of hydrogen-bond acceptors (Lipinski definition) is 4. The molecule has 2 N–H and O–H groups in total. The zero-order valence-electron chi connectivity index (χ0n) is 10.1. The van der Waals surface area contributed by atoms with Crippen molar-refractivity contribution in [2.75, 3.05) is 5.32 Å². The van der Waals surface area contributed by atoms with E-state index in [1.807, 2.05) is 6.07 Å². The summed E-state index contributed by atoms with van der Waals surface area (Å²) in [6.07, 6.45) is 3.46. The summed E-state index contributed by atoms with van der Waals surface area (Å²) in [7, 11) is 0. The second-order valence-electron chi connectivity index (χ2n) is 4.20. The molecule has 1 atom stereocenters. The molecule has 0 fully saturated rings. The molecule has 0 aliphatic heterocycles. The SMILES string of the molecule is CCCCC(C)Nc1ccc2n[nH]c(=O)n2n1. The molecular formula is C11H17N5O. The van der Waals surface area contributed by atoms with Crippen molar-refractivity contribution < 1.29 is 0 Å². The van der Waals surface area contributed by atoms with Gasteiger partial charge in [-0.3, -0.25) is 0 Å². The molecule has 0 saturated heterocycles. The highest BCUT2D eigenvalue weighted by molar-refractivity contribution is 5.43. The second-order valence-corrected chi connectivity index (χ2v) is 4.20. The van der Waals surface area contributed by atoms with Gasteiger partial charge in [-0.2, -0.15) is 9.61 Å². The fourth-order valence-corrected chi connectivity index (χ4v) is 1.71. The number of anilines is 1. The first-order valence-corrected chi connectivity index (χ1v) is 5.91. The summed E-state index contributed by atoms with van der Waals surface area (Å²) in [5, 5.41) is 13.6. The summed E-state index contributed by atoms with van der Waals surface area (Å²) in [4.78, 5) is 11.3. The summed E-state index contributed by atoms with van der Waals surface area (Å²) in [5.74, 6) is 0.699. The van der Waals surface area contributed by atoms with E-state index in [9.17, 15) is 4.79 Å². The van der Waals surface area contributed by atoms with Crippen molar-refractivity contribution in [3.63, 3.8) is 0 Å². The minimum absolute atomic E-state index is 0.315. The van der Waals surface area contributed by atoms with Crippen molar-refractivity contribution in [2.24, 2.45) is 0 Å². The number of aromatic amines is 1. The predicted octanol–water partition coefficient (Wildman–Crippen LogP) is 1.41. The van der Waals surface area contributed by atoms with Gasteiger partial charge in [-0.15, -0.1) is 5.10 Å². The van der Waals surface area contributed by atoms with E-state index in [-0.39, 0.29) is 5.69 Å². The van der Waals surface area contributed by atoms with Gasteiger partial charge in [0.25, 0.3) is 0 Å². The maximum Gasteiger partial charge on any atom is 0.364 e. The standard InChI is InChI=1S/C11H17N5O/c1-3-4-5-8(2)12-9-6-7-10-13-14-11(17)16(10)15-9/h6-8H,3-5H2,1-2H3,(H,12,15)(H,14,17). The Balaban J connectivity index is 2.13. The lowest BCUT2D eigenvalue weighted by Crippen LogP contribution is -2.19. The average Bonchev–Trinajstić information content (AvgIpc) is 2.68. The predicted molar refractivity (Wildman–Crippen MR) is 66.2 cm³/mol. The first-order valence-electron chi connectivity index (χ1n) is 5.91. The van der Waals surface area contributed by atoms with Crippen molar-refractivity contribution in [1.82, 2.24) is 19.8 Å². The maximum absolute atomic E-state index is 11.3. The molecule has 0 saturated carbocycles. The van der Waals surface area contributed by atoms with Crippen LogP contribution in [-0.4, -0.2) is 25.9 Å². The Kier molecular flexibility index (Phi) is 3.41. The zero-order chi connectivity index (χ0) is 12.3. The molecule has 2 aromatic rings. The molecule has 0 spiro atoms. The topological polar surface area (TPSA) is 75.1 Å². The van der Waals surface area contributed by atoms with Gasteiger partial charge in [0.15, 0.2) is 5.65 Å². The van der Waals surface area contributed by atoms with Gasteiger partial charge >= 0.3 is 5.69 Å². The van der Waals surface area contributed by atoms with E-state index in [1.54, 1.807) is 6.07 Å². The quantitative estimate of drug-likeness (QED) is 0.821. The number of hydrogen-bond donors (Lipinski definition) is 2. The van der Waals surface area contributed by atoms with Gasteiger partial charge < -0.3 is 5.32 Å². The molecule has 6 heteroatoms. The van der Waals surface area contributed by atoms with E-state index >= 15 is 0 Å². The molecule has 0 amide bonds. The van der Waals surface area contributed by atoms with Crippen LogP contribution in [0.4, 0.5) is 5.82 Å². The Hall–Kier alpha value is -1.85. The molecule has 0 aliphatic rings. The van der Waals surface area contributed by atoms with Crippen LogP contribution in [-0.2, 0) is 0 Å². The van der Waals surface area contributed by atoms with Gasteiger partial charge in [0.05, 0.1) is 0 Å². The zero-order valence-corrected chi connectivity index (χ0v) is 10.1. The summed E-state index contributed by atoms with van der Waals surface area (Å²) >= 11 is 0. The molecule has 0 radical (unpaired) electrons. The Morgan fingerprint density at radius 3 is 3.12 bits per heavy atom. The molecule has 17 heavy (non-hydrogen) atoms. The van der Waals surface area contributed by atoms with Gasteiger partial charge in [-0.05, 0) is 25.5 Å². The number of nitrogens with zero attached hydrogens (tertiary/aromatic N) is 3. The van der Waals surface area contributed by atoms with Crippen LogP contribution in [0.5, 0.6) is 0 Å². The minimum Gasteiger partial charge on any atom is -0.366 e. The van der Waals surface area contributed by atoms with Gasteiger partial charge in [-0.25, -0.2) is 9.89 Å². The van der Waals surface area contributed by atoms with E-state index in [2.05, 4.69) is 34.5 Å². The van der Waals surface area contributed by atoms with Crippen LogP contribution in [0.15, 0.2) is 16.9 Å². The van der Waals surface area contributed by atoms with Crippen LogP contribution in [0.25, 0.3) is 5.65 Å². The average molecular weight is 235 g/mol. The lowest BCUT2D eigenvalue weighted by Gasteiger charge is -2.13. The number of rotatable bonds is 5. The molecule has 2 aromatic heterocycles. The third-order valence-corrected chi connectivity index (χ3v) is 2.66. The van der Waals surface area contributed by atoms with E-state index in [1.165, 1.54) is 17.4 Å². The van der Waals surface area contributed by atoms with Crippen molar-refractivity contribution in [1.29, 1.82) is 0 Å². The minimum atomic E-state index is -0.315. The number of H-pyrrole nitrogens is 1. The highest BCUT2D eigenvalue weighted by atomic mass is 16.2. The van der Waals surface area contributed by atoms with E-state index < -0.39 is 0 Å². The molecule has 2 heterocycles. The first-order chi connectivity index (χ1) is 8.20. The fraction of sp³-hybridized carbons (Fsp3) is 0.545. The van der Waals surface area contributed by atoms with Crippen molar-refractivity contribution in [2.45, 2.75) is 39.2 Å². The summed E-state index contributed by atoms with van der Waals surface area (Å²) in [5.41, 5.74) is 0.214. The monoisotopic (exact) mass is 235 g/mol. The number of aromatic nitrogens is 4. The largest absolute Gasteiger partial charge is 0.366 e. The van der Waals surface area contributed by atoms with Crippen molar-refractivity contribution >= 4 is 11.5 Å². The van der Waals surface area contributed by atoms with Crippen LogP contribution in [0.1, 0.15) is 33.1 Å². The Labute approximate surface area is 99.0 Å². The van der Waals surface area contributed by atoms with Crippen LogP contribution in [0, 0.1) is 0 Å². The third kappa shape index (κ3) is 2.64. The van der Waals surface area contributed by atoms with E-state index in [0.29, 0.717) is 17.5 Å². The van der Waals surface area contributed by atoms with Crippen LogP contribution >= 0.6 is 0 Å². The Bertz CT molecular complexity index is 544. The molecule has 1 unspecified atom stereocenters. The lowest BCUT2D eigenvalue weighted by molar-refractivity contribution is 0.641. The molecule has 0 aromatic carbocycles. The summed E-state index contributed by atoms with van der Waals surface area (Å²) in [6, 6.07) is 3.94. The molecule has 6 nitrogen and oxygen atoms in total. The molecule has 0 aliphatic carbocycles. The summed E-state index contributed by atoms with van der Waals surface area (Å²) < 4.78 is 1.26. The number of unbranched alkanes of at least 4 members (excludes halogenated alkanes) is 1. The normalized spacial score (nSPS) is 12.8. The second kappa shape index (κ2) is 4.99. The van der Waals surface area contributed by atoms with Crippen LogP contribution < -0.4 is 11.0 Å². The fourth-order valence-electron chi connectivity index (χ4n) is 1.71. The highest BCUT2D eigenvalue weighted by Crippen LogP contribution is 2.08. The number of fused-ring (bicyclic) bond motifs is 1. The summed E-state index contributed by atoms with van der Waals surface area (Å²) in [6.45, 7) is 4.28. The van der Waals surface area contributed by atoms with Gasteiger partial charge in [-0.1, -0.05) is 19.8 Å². The number of nitrogens with one attached hydrogen (secondary N) is 2. The van der Waals surface area contributed by atoms with E-state index in [0.717, 1.165) is 6.42 Å². The maximum atomic E-state index is 11.3. The Morgan fingerprint density at radius 2 is 2.35 bits per heavy atom. The molecule has 92 valence electrons. The molecule has 2 rings (SSSR count). The van der Waals surface area contributed by atoms with Crippen LogP contribution in [0.2, 0.25) is 0 Å². The smallest absolute Gasteiger partial charge is 0.364 e. The lowest BCUT2D eigenvalue weighted by atomic mass is 10.1. The van der Waals surface area contributed by atoms with E-state index in [4.69, 9.17) is 0 Å². The van der Waals surface area contributed by atoms with Crippen molar-refractivity contribution in [3.8, 4) is 0 Å². The first kappa shape index (κ1) is 11.6. The third-order valence-electron chi connectivity index (χ3n) is 2.66. The molecular weight excluding hydrogens is 218 g/mol.